The van der Waals surface area contributed by atoms with Gasteiger partial charge >= 0.3 is 6.18 Å². The molecular weight excluding hydrogens is 303 g/mol. The molecule has 0 aliphatic rings. The van der Waals surface area contributed by atoms with Gasteiger partial charge in [-0.3, -0.25) is 0 Å². The molecule has 112 valence electrons. The fraction of sp³-hybridized carbons (Fsp3) is 0.286. The molecule has 0 spiro atoms. The number of nitrogens with one attached hydrogen (secondary N) is 1. The predicted molar refractivity (Wildman–Crippen MR) is 75.3 cm³/mol. The van der Waals surface area contributed by atoms with Crippen LogP contribution in [0.1, 0.15) is 22.5 Å². The largest absolute Gasteiger partial charge is 0.416 e. The third-order valence-electron chi connectivity index (χ3n) is 2.97. The number of halogens is 4. The molecule has 0 atom stereocenters. The lowest BCUT2D eigenvalue weighted by atomic mass is 10.1. The molecule has 7 heteroatoms. The van der Waals surface area contributed by atoms with Gasteiger partial charge in [0.15, 0.2) is 0 Å². The summed E-state index contributed by atoms with van der Waals surface area (Å²) in [6, 6.07) is 5.42. The van der Waals surface area contributed by atoms with Crippen LogP contribution in [0, 0.1) is 13.8 Å². The molecule has 0 fully saturated rings. The van der Waals surface area contributed by atoms with Crippen LogP contribution in [-0.4, -0.2) is 9.97 Å². The Labute approximate surface area is 125 Å². The van der Waals surface area contributed by atoms with E-state index in [1.54, 1.807) is 19.9 Å². The average molecular weight is 316 g/mol. The fourth-order valence-electron chi connectivity index (χ4n) is 1.90. The number of aromatic nitrogens is 2. The first-order valence-corrected chi connectivity index (χ1v) is 6.56. The van der Waals surface area contributed by atoms with E-state index in [0.717, 1.165) is 6.07 Å². The van der Waals surface area contributed by atoms with Crippen molar-refractivity contribution in [2.75, 3.05) is 5.32 Å². The van der Waals surface area contributed by atoms with Gasteiger partial charge in [-0.25, -0.2) is 9.97 Å². The summed E-state index contributed by atoms with van der Waals surface area (Å²) in [5.41, 5.74) is 0.0931. The van der Waals surface area contributed by atoms with E-state index in [0.29, 0.717) is 17.2 Å². The quantitative estimate of drug-likeness (QED) is 0.854. The highest BCUT2D eigenvalue weighted by Crippen LogP contribution is 2.32. The summed E-state index contributed by atoms with van der Waals surface area (Å²) >= 11 is 5.93. The van der Waals surface area contributed by atoms with Crippen molar-refractivity contribution >= 4 is 17.4 Å². The highest BCUT2D eigenvalue weighted by Gasteiger charge is 2.32. The van der Waals surface area contributed by atoms with Crippen LogP contribution in [0.15, 0.2) is 24.3 Å². The number of aryl methyl sites for hydroxylation is 1. The first-order valence-electron chi connectivity index (χ1n) is 6.18. The third kappa shape index (κ3) is 3.64. The minimum absolute atomic E-state index is 0.00328. The SMILES string of the molecule is Cc1nc(Cl)c(C)c(NCc2ccccc2C(F)(F)F)n1. The molecular formula is C14H13ClF3N3. The maximum absolute atomic E-state index is 12.9. The third-order valence-corrected chi connectivity index (χ3v) is 3.34. The Balaban J connectivity index is 2.26. The van der Waals surface area contributed by atoms with Crippen molar-refractivity contribution < 1.29 is 13.2 Å². The molecule has 1 N–H and O–H groups in total. The van der Waals surface area contributed by atoms with Gasteiger partial charge in [0, 0.05) is 12.1 Å². The Bertz CT molecular complexity index is 656. The summed E-state index contributed by atoms with van der Waals surface area (Å²) < 4.78 is 38.7. The molecule has 1 aromatic carbocycles. The normalized spacial score (nSPS) is 11.5. The van der Waals surface area contributed by atoms with Gasteiger partial charge in [-0.15, -0.1) is 0 Å². The van der Waals surface area contributed by atoms with Gasteiger partial charge in [-0.2, -0.15) is 13.2 Å². The number of anilines is 1. The van der Waals surface area contributed by atoms with Crippen LogP contribution in [0.3, 0.4) is 0 Å². The summed E-state index contributed by atoms with van der Waals surface area (Å²) in [7, 11) is 0. The van der Waals surface area contributed by atoms with Gasteiger partial charge in [0.25, 0.3) is 0 Å². The Morgan fingerprint density at radius 3 is 2.48 bits per heavy atom. The molecule has 1 heterocycles. The summed E-state index contributed by atoms with van der Waals surface area (Å²) in [4.78, 5) is 8.13. The Morgan fingerprint density at radius 2 is 1.81 bits per heavy atom. The average Bonchev–Trinajstić information content (AvgIpc) is 2.40. The molecule has 0 saturated heterocycles. The standard InChI is InChI=1S/C14H13ClF3N3/c1-8-12(15)20-9(2)21-13(8)19-7-10-5-3-4-6-11(10)14(16,17)18/h3-6H,7H2,1-2H3,(H,19,20,21). The Morgan fingerprint density at radius 1 is 1.14 bits per heavy atom. The monoisotopic (exact) mass is 315 g/mol. The lowest BCUT2D eigenvalue weighted by molar-refractivity contribution is -0.138. The highest BCUT2D eigenvalue weighted by atomic mass is 35.5. The zero-order chi connectivity index (χ0) is 15.6. The van der Waals surface area contributed by atoms with Gasteiger partial charge < -0.3 is 5.32 Å². The van der Waals surface area contributed by atoms with Crippen LogP contribution < -0.4 is 5.32 Å². The number of nitrogens with zero attached hydrogens (tertiary/aromatic N) is 2. The van der Waals surface area contributed by atoms with Crippen LogP contribution in [-0.2, 0) is 12.7 Å². The molecule has 2 rings (SSSR count). The summed E-state index contributed by atoms with van der Waals surface area (Å²) in [5, 5.41) is 3.17. The van der Waals surface area contributed by atoms with Crippen molar-refractivity contribution in [3.8, 4) is 0 Å². The lowest BCUT2D eigenvalue weighted by Gasteiger charge is -2.14. The van der Waals surface area contributed by atoms with Crippen LogP contribution in [0.2, 0.25) is 5.15 Å². The molecule has 0 unspecified atom stereocenters. The molecule has 0 aliphatic carbocycles. The maximum atomic E-state index is 12.9. The molecule has 0 amide bonds. The van der Waals surface area contributed by atoms with Gasteiger partial charge in [0.2, 0.25) is 0 Å². The van der Waals surface area contributed by atoms with Crippen LogP contribution in [0.25, 0.3) is 0 Å². The molecule has 1 aromatic heterocycles. The van der Waals surface area contributed by atoms with Gasteiger partial charge in [0.1, 0.15) is 16.8 Å². The highest BCUT2D eigenvalue weighted by molar-refractivity contribution is 6.30. The van der Waals surface area contributed by atoms with Crippen molar-refractivity contribution in [1.82, 2.24) is 9.97 Å². The van der Waals surface area contributed by atoms with Crippen LogP contribution in [0.5, 0.6) is 0 Å². The van der Waals surface area contributed by atoms with E-state index in [-0.39, 0.29) is 17.3 Å². The van der Waals surface area contributed by atoms with Crippen LogP contribution >= 0.6 is 11.6 Å². The predicted octanol–water partition coefficient (Wildman–Crippen LogP) is 4.38. The van der Waals surface area contributed by atoms with E-state index in [2.05, 4.69) is 15.3 Å². The fourth-order valence-corrected chi connectivity index (χ4v) is 2.11. The first kappa shape index (κ1) is 15.6. The number of rotatable bonds is 3. The van der Waals surface area contributed by atoms with Gasteiger partial charge in [0.05, 0.1) is 5.56 Å². The smallest absolute Gasteiger partial charge is 0.366 e. The summed E-state index contributed by atoms with van der Waals surface area (Å²) in [6.45, 7) is 3.38. The Hall–Kier alpha value is -1.82. The molecule has 0 radical (unpaired) electrons. The topological polar surface area (TPSA) is 37.8 Å². The van der Waals surface area contributed by atoms with Gasteiger partial charge in [-0.1, -0.05) is 29.8 Å². The van der Waals surface area contributed by atoms with E-state index in [1.807, 2.05) is 0 Å². The first-order chi connectivity index (χ1) is 9.79. The number of hydrogen-bond donors (Lipinski definition) is 1. The van der Waals surface area contributed by atoms with Crippen LogP contribution in [0.4, 0.5) is 19.0 Å². The zero-order valence-electron chi connectivity index (χ0n) is 11.4. The number of hydrogen-bond acceptors (Lipinski definition) is 3. The lowest BCUT2D eigenvalue weighted by Crippen LogP contribution is -2.13. The van der Waals surface area contributed by atoms with E-state index in [4.69, 9.17) is 11.6 Å². The minimum atomic E-state index is -4.38. The van der Waals surface area contributed by atoms with Crippen molar-refractivity contribution in [2.45, 2.75) is 26.6 Å². The molecule has 3 nitrogen and oxygen atoms in total. The second-order valence-electron chi connectivity index (χ2n) is 4.54. The summed E-state index contributed by atoms with van der Waals surface area (Å²) in [6.07, 6.45) is -4.38. The van der Waals surface area contributed by atoms with Crippen molar-refractivity contribution in [1.29, 1.82) is 0 Å². The molecule has 2 aromatic rings. The molecule has 0 bridgehead atoms. The molecule has 21 heavy (non-hydrogen) atoms. The molecule has 0 aliphatic heterocycles. The number of alkyl halides is 3. The van der Waals surface area contributed by atoms with E-state index >= 15 is 0 Å². The van der Waals surface area contributed by atoms with Crippen molar-refractivity contribution in [2.24, 2.45) is 0 Å². The Kier molecular flexibility index (Phi) is 4.37. The second-order valence-corrected chi connectivity index (χ2v) is 4.90. The second kappa shape index (κ2) is 5.89. The summed E-state index contributed by atoms with van der Waals surface area (Å²) in [5.74, 6) is 0.890. The maximum Gasteiger partial charge on any atom is 0.416 e. The number of benzene rings is 1. The van der Waals surface area contributed by atoms with E-state index < -0.39 is 11.7 Å². The molecule has 0 saturated carbocycles. The van der Waals surface area contributed by atoms with Crippen molar-refractivity contribution in [3.05, 3.63) is 51.9 Å². The van der Waals surface area contributed by atoms with E-state index in [9.17, 15) is 13.2 Å². The minimum Gasteiger partial charge on any atom is -0.366 e. The zero-order valence-corrected chi connectivity index (χ0v) is 12.2. The van der Waals surface area contributed by atoms with E-state index in [1.165, 1.54) is 12.1 Å². The van der Waals surface area contributed by atoms with Gasteiger partial charge in [-0.05, 0) is 25.5 Å². The van der Waals surface area contributed by atoms with Crippen molar-refractivity contribution in [3.63, 3.8) is 0 Å².